The molecule has 0 aromatic carbocycles. The number of rotatable bonds is 4. The zero-order valence-corrected chi connectivity index (χ0v) is 9.85. The van der Waals surface area contributed by atoms with Gasteiger partial charge in [0, 0.05) is 24.6 Å². The van der Waals surface area contributed by atoms with Gasteiger partial charge in [-0.15, -0.1) is 5.10 Å². The third-order valence-corrected chi connectivity index (χ3v) is 2.79. The molecular weight excluding hydrogens is 244 g/mol. The molecule has 17 heavy (non-hydrogen) atoms. The Morgan fingerprint density at radius 1 is 1.65 bits per heavy atom. The van der Waals surface area contributed by atoms with Crippen LogP contribution in [-0.4, -0.2) is 44.0 Å². The van der Waals surface area contributed by atoms with E-state index in [1.54, 1.807) is 0 Å². The van der Waals surface area contributed by atoms with Gasteiger partial charge in [-0.1, -0.05) is 0 Å². The second-order valence-electron chi connectivity index (χ2n) is 3.84. The van der Waals surface area contributed by atoms with Gasteiger partial charge in [0.1, 0.15) is 5.82 Å². The van der Waals surface area contributed by atoms with E-state index in [1.807, 2.05) is 0 Å². The van der Waals surface area contributed by atoms with Gasteiger partial charge in [0.25, 0.3) is 5.95 Å². The summed E-state index contributed by atoms with van der Waals surface area (Å²) < 4.78 is 0. The molecule has 1 unspecified atom stereocenters. The predicted octanol–water partition coefficient (Wildman–Crippen LogP) is -0.143. The van der Waals surface area contributed by atoms with Gasteiger partial charge in [0.15, 0.2) is 0 Å². The number of aromatic nitrogens is 3. The third-order valence-electron chi connectivity index (χ3n) is 2.44. The second-order valence-corrected chi connectivity index (χ2v) is 4.57. The Balaban J connectivity index is 2.03. The fourth-order valence-electron chi connectivity index (χ4n) is 1.63. The Morgan fingerprint density at radius 2 is 2.41 bits per heavy atom. The maximum atomic E-state index is 11.5. The lowest BCUT2D eigenvalue weighted by molar-refractivity contribution is -0.137. The Hall–Kier alpha value is -1.57. The van der Waals surface area contributed by atoms with Gasteiger partial charge in [0.05, 0.1) is 6.42 Å². The monoisotopic (exact) mass is 256 g/mol. The van der Waals surface area contributed by atoms with Crippen LogP contribution in [0.25, 0.3) is 0 Å². The number of anilines is 1. The van der Waals surface area contributed by atoms with Crippen LogP contribution >= 0.6 is 12.6 Å². The van der Waals surface area contributed by atoms with E-state index in [9.17, 15) is 9.59 Å². The lowest BCUT2D eigenvalue weighted by atomic mass is 10.3. The van der Waals surface area contributed by atoms with E-state index >= 15 is 0 Å². The molecule has 1 atom stereocenters. The largest absolute Gasteiger partial charge is 0.481 e. The van der Waals surface area contributed by atoms with Crippen molar-refractivity contribution in [2.45, 2.75) is 24.5 Å². The van der Waals surface area contributed by atoms with Crippen LogP contribution in [0.2, 0.25) is 0 Å². The lowest BCUT2D eigenvalue weighted by Crippen LogP contribution is -2.25. The number of thiol groups is 1. The van der Waals surface area contributed by atoms with E-state index in [-0.39, 0.29) is 24.0 Å². The quantitative estimate of drug-likeness (QED) is 0.651. The molecule has 1 aliphatic heterocycles. The van der Waals surface area contributed by atoms with Gasteiger partial charge < -0.3 is 5.11 Å². The van der Waals surface area contributed by atoms with Crippen molar-refractivity contribution in [1.82, 2.24) is 15.2 Å². The number of nitrogens with zero attached hydrogens (tertiary/aromatic N) is 3. The van der Waals surface area contributed by atoms with Crippen LogP contribution in [0.15, 0.2) is 0 Å². The summed E-state index contributed by atoms with van der Waals surface area (Å²) in [5.74, 6) is -0.186. The molecule has 2 N–H and O–H groups in total. The number of carboxylic acid groups (broad SMARTS) is 1. The van der Waals surface area contributed by atoms with Crippen molar-refractivity contribution in [1.29, 1.82) is 0 Å². The zero-order valence-electron chi connectivity index (χ0n) is 8.96. The number of hydrogen-bond acceptors (Lipinski definition) is 5. The molecule has 0 radical (unpaired) electrons. The zero-order chi connectivity index (χ0) is 12.4. The Bertz CT molecular complexity index is 447. The van der Waals surface area contributed by atoms with Crippen molar-refractivity contribution in [3.05, 3.63) is 5.82 Å². The minimum atomic E-state index is -0.893. The summed E-state index contributed by atoms with van der Waals surface area (Å²) in [4.78, 5) is 27.5. The van der Waals surface area contributed by atoms with Gasteiger partial charge in [-0.05, 0) is 0 Å². The summed E-state index contributed by atoms with van der Waals surface area (Å²) in [5.41, 5.74) is 0. The molecule has 0 bridgehead atoms. The number of nitrogens with one attached hydrogen (secondary N) is 1. The SMILES string of the molecule is O=C(O)CCc1nc(N2CC(S)CC2=O)n[nH]1. The minimum absolute atomic E-state index is 0.00321. The highest BCUT2D eigenvalue weighted by Crippen LogP contribution is 2.20. The van der Waals surface area contributed by atoms with E-state index in [4.69, 9.17) is 5.11 Å². The van der Waals surface area contributed by atoms with Crippen molar-refractivity contribution in [3.8, 4) is 0 Å². The van der Waals surface area contributed by atoms with Gasteiger partial charge in [-0.2, -0.15) is 17.6 Å². The van der Waals surface area contributed by atoms with Crippen LogP contribution in [0.4, 0.5) is 5.95 Å². The highest BCUT2D eigenvalue weighted by molar-refractivity contribution is 7.81. The summed E-state index contributed by atoms with van der Waals surface area (Å²) in [6.45, 7) is 0.484. The molecule has 1 amide bonds. The third kappa shape index (κ3) is 2.76. The second kappa shape index (κ2) is 4.74. The number of amides is 1. The smallest absolute Gasteiger partial charge is 0.303 e. The standard InChI is InChI=1S/C9H12N4O3S/c14-7-3-5(17)4-13(7)9-10-6(11-12-9)1-2-8(15)16/h5,17H,1-4H2,(H,15,16)(H,10,11,12). The van der Waals surface area contributed by atoms with Crippen molar-refractivity contribution in [2.24, 2.45) is 0 Å². The molecule has 1 aliphatic rings. The molecular formula is C9H12N4O3S. The van der Waals surface area contributed by atoms with Crippen molar-refractivity contribution in [2.75, 3.05) is 11.4 Å². The first kappa shape index (κ1) is 11.9. The first-order chi connectivity index (χ1) is 8.06. The van der Waals surface area contributed by atoms with Crippen molar-refractivity contribution < 1.29 is 14.7 Å². The molecule has 0 saturated carbocycles. The van der Waals surface area contributed by atoms with Crippen LogP contribution in [0.1, 0.15) is 18.7 Å². The van der Waals surface area contributed by atoms with E-state index in [2.05, 4.69) is 27.8 Å². The Kier molecular flexibility index (Phi) is 3.32. The molecule has 2 rings (SSSR count). The van der Waals surface area contributed by atoms with Gasteiger partial charge >= 0.3 is 5.97 Å². The van der Waals surface area contributed by atoms with Crippen LogP contribution in [0.5, 0.6) is 0 Å². The number of carbonyl (C=O) groups excluding carboxylic acids is 1. The molecule has 7 nitrogen and oxygen atoms in total. The number of aryl methyl sites for hydroxylation is 1. The number of hydrogen-bond donors (Lipinski definition) is 3. The molecule has 1 aromatic heterocycles. The van der Waals surface area contributed by atoms with Crippen molar-refractivity contribution in [3.63, 3.8) is 0 Å². The van der Waals surface area contributed by atoms with Crippen LogP contribution in [0.3, 0.4) is 0 Å². The first-order valence-electron chi connectivity index (χ1n) is 5.18. The van der Waals surface area contributed by atoms with Gasteiger partial charge in [-0.3, -0.25) is 19.6 Å². The summed E-state index contributed by atoms with van der Waals surface area (Å²) in [7, 11) is 0. The lowest BCUT2D eigenvalue weighted by Gasteiger charge is -2.09. The fourth-order valence-corrected chi connectivity index (χ4v) is 1.94. The van der Waals surface area contributed by atoms with E-state index in [0.29, 0.717) is 24.7 Å². The summed E-state index contributed by atoms with van der Waals surface area (Å²) in [6.07, 6.45) is 0.633. The highest BCUT2D eigenvalue weighted by Gasteiger charge is 2.30. The normalized spacial score (nSPS) is 19.9. The molecule has 0 aliphatic carbocycles. The maximum absolute atomic E-state index is 11.5. The molecule has 1 aromatic rings. The van der Waals surface area contributed by atoms with Crippen LogP contribution in [-0.2, 0) is 16.0 Å². The molecule has 2 heterocycles. The number of H-pyrrole nitrogens is 1. The Morgan fingerprint density at radius 3 is 3.00 bits per heavy atom. The molecule has 1 fully saturated rings. The molecule has 0 spiro atoms. The highest BCUT2D eigenvalue weighted by atomic mass is 32.1. The molecule has 8 heteroatoms. The van der Waals surface area contributed by atoms with Crippen molar-refractivity contribution >= 4 is 30.5 Å². The Labute approximate surface area is 103 Å². The van der Waals surface area contributed by atoms with Crippen LogP contribution < -0.4 is 4.90 Å². The number of aliphatic carboxylic acids is 1. The topological polar surface area (TPSA) is 99.2 Å². The summed E-state index contributed by atoms with van der Waals surface area (Å²) in [5, 5.41) is 15.1. The van der Waals surface area contributed by atoms with E-state index in [1.165, 1.54) is 4.90 Å². The maximum Gasteiger partial charge on any atom is 0.303 e. The van der Waals surface area contributed by atoms with Crippen LogP contribution in [0, 0.1) is 0 Å². The fraction of sp³-hybridized carbons (Fsp3) is 0.556. The molecule has 92 valence electrons. The average Bonchev–Trinajstić information content (AvgIpc) is 2.82. The average molecular weight is 256 g/mol. The van der Waals surface area contributed by atoms with E-state index in [0.717, 1.165) is 0 Å². The number of carboxylic acids is 1. The number of carbonyl (C=O) groups is 2. The first-order valence-corrected chi connectivity index (χ1v) is 5.69. The summed E-state index contributed by atoms with van der Waals surface area (Å²) in [6, 6.07) is 0. The van der Waals surface area contributed by atoms with Gasteiger partial charge in [-0.25, -0.2) is 0 Å². The van der Waals surface area contributed by atoms with Gasteiger partial charge in [0.2, 0.25) is 5.91 Å². The predicted molar refractivity (Wildman–Crippen MR) is 62.1 cm³/mol. The summed E-state index contributed by atoms with van der Waals surface area (Å²) >= 11 is 4.23. The number of aromatic amines is 1. The minimum Gasteiger partial charge on any atom is -0.481 e. The molecule has 1 saturated heterocycles. The van der Waals surface area contributed by atoms with E-state index < -0.39 is 5.97 Å².